The number of carbonyl (C=O) groups is 3. The highest BCUT2D eigenvalue weighted by molar-refractivity contribution is 6.02. The Morgan fingerprint density at radius 1 is 1.12 bits per heavy atom. The van der Waals surface area contributed by atoms with Crippen molar-refractivity contribution in [3.05, 3.63) is 23.8 Å². The number of benzene rings is 1. The summed E-state index contributed by atoms with van der Waals surface area (Å²) in [6.07, 6.45) is 2.78. The van der Waals surface area contributed by atoms with Gasteiger partial charge < -0.3 is 14.8 Å². The van der Waals surface area contributed by atoms with Crippen LogP contribution in [-0.4, -0.2) is 42.4 Å². The Labute approximate surface area is 151 Å². The molecule has 1 aromatic rings. The van der Waals surface area contributed by atoms with Crippen molar-refractivity contribution in [2.24, 2.45) is 5.92 Å². The van der Waals surface area contributed by atoms with Crippen molar-refractivity contribution in [1.29, 1.82) is 0 Å². The predicted octanol–water partition coefficient (Wildman–Crippen LogP) is 1.56. The molecule has 0 radical (unpaired) electrons. The van der Waals surface area contributed by atoms with Crippen molar-refractivity contribution in [3.8, 4) is 11.5 Å². The molecule has 1 unspecified atom stereocenters. The maximum atomic E-state index is 12.4. The summed E-state index contributed by atoms with van der Waals surface area (Å²) in [5.74, 6) is 1.33. The molecular formula is C19H22N2O5. The third-order valence-electron chi connectivity index (χ3n) is 5.05. The molecular weight excluding hydrogens is 336 g/mol. The first-order valence-corrected chi connectivity index (χ1v) is 9.14. The molecule has 7 nitrogen and oxygen atoms in total. The van der Waals surface area contributed by atoms with Gasteiger partial charge in [-0.15, -0.1) is 0 Å². The molecule has 3 amide bonds. The number of ether oxygens (including phenoxy) is 2. The lowest BCUT2D eigenvalue weighted by Crippen LogP contribution is -2.36. The van der Waals surface area contributed by atoms with Crippen molar-refractivity contribution in [2.75, 3.05) is 19.8 Å². The van der Waals surface area contributed by atoms with Crippen LogP contribution in [-0.2, 0) is 14.4 Å². The van der Waals surface area contributed by atoms with Gasteiger partial charge in [0, 0.05) is 25.8 Å². The molecule has 1 aliphatic carbocycles. The lowest BCUT2D eigenvalue weighted by Gasteiger charge is -2.23. The molecule has 1 N–H and O–H groups in total. The van der Waals surface area contributed by atoms with Crippen LogP contribution < -0.4 is 14.8 Å². The van der Waals surface area contributed by atoms with E-state index in [1.54, 1.807) is 0 Å². The molecule has 3 aliphatic rings. The molecule has 2 fully saturated rings. The maximum absolute atomic E-state index is 12.4. The van der Waals surface area contributed by atoms with Crippen LogP contribution in [0.5, 0.6) is 11.5 Å². The zero-order valence-corrected chi connectivity index (χ0v) is 14.5. The Balaban J connectivity index is 1.40. The SMILES string of the molecule is O=C(CCN1C(=O)CCC1=O)NC(c1ccc2c(c1)OCCO2)C1CC1. The largest absolute Gasteiger partial charge is 0.486 e. The number of hydrogen-bond donors (Lipinski definition) is 1. The van der Waals surface area contributed by atoms with E-state index in [0.29, 0.717) is 24.9 Å². The third-order valence-corrected chi connectivity index (χ3v) is 5.05. The second kappa shape index (κ2) is 6.97. The van der Waals surface area contributed by atoms with Crippen LogP contribution in [0.2, 0.25) is 0 Å². The number of fused-ring (bicyclic) bond motifs is 1. The van der Waals surface area contributed by atoms with Crippen molar-refractivity contribution in [3.63, 3.8) is 0 Å². The van der Waals surface area contributed by atoms with E-state index in [2.05, 4.69) is 5.32 Å². The average molecular weight is 358 g/mol. The lowest BCUT2D eigenvalue weighted by atomic mass is 10.0. The van der Waals surface area contributed by atoms with E-state index in [1.165, 1.54) is 4.90 Å². The van der Waals surface area contributed by atoms with Crippen molar-refractivity contribution >= 4 is 17.7 Å². The average Bonchev–Trinajstić information content (AvgIpc) is 3.44. The van der Waals surface area contributed by atoms with Crippen LogP contribution in [0.1, 0.15) is 43.7 Å². The topological polar surface area (TPSA) is 84.9 Å². The van der Waals surface area contributed by atoms with Gasteiger partial charge in [-0.25, -0.2) is 0 Å². The molecule has 26 heavy (non-hydrogen) atoms. The molecule has 1 aromatic carbocycles. The van der Waals surface area contributed by atoms with Crippen LogP contribution in [0.15, 0.2) is 18.2 Å². The highest BCUT2D eigenvalue weighted by Crippen LogP contribution is 2.43. The molecule has 2 aliphatic heterocycles. The summed E-state index contributed by atoms with van der Waals surface area (Å²) in [5.41, 5.74) is 0.999. The van der Waals surface area contributed by atoms with Crippen LogP contribution in [0, 0.1) is 5.92 Å². The van der Waals surface area contributed by atoms with E-state index in [-0.39, 0.29) is 49.6 Å². The molecule has 138 valence electrons. The zero-order chi connectivity index (χ0) is 18.1. The molecule has 0 aromatic heterocycles. The van der Waals surface area contributed by atoms with Gasteiger partial charge in [-0.05, 0) is 36.5 Å². The first kappa shape index (κ1) is 16.9. The number of nitrogens with one attached hydrogen (secondary N) is 1. The number of carbonyl (C=O) groups excluding carboxylic acids is 3. The lowest BCUT2D eigenvalue weighted by molar-refractivity contribution is -0.138. The zero-order valence-electron chi connectivity index (χ0n) is 14.5. The fraction of sp³-hybridized carbons (Fsp3) is 0.526. The summed E-state index contributed by atoms with van der Waals surface area (Å²) in [7, 11) is 0. The standard InChI is InChI=1S/C19H22N2O5/c22-16(7-8-21-17(23)5-6-18(21)24)20-19(12-1-2-12)13-3-4-14-15(11-13)26-10-9-25-14/h3-4,11-12,19H,1-2,5-10H2,(H,20,22). The monoisotopic (exact) mass is 358 g/mol. The van der Waals surface area contributed by atoms with E-state index in [1.807, 2.05) is 18.2 Å². The van der Waals surface area contributed by atoms with Gasteiger partial charge in [0.05, 0.1) is 6.04 Å². The van der Waals surface area contributed by atoms with Crippen LogP contribution in [0.3, 0.4) is 0 Å². The minimum absolute atomic E-state index is 0.0803. The highest BCUT2D eigenvalue weighted by Gasteiger charge is 2.35. The molecule has 1 atom stereocenters. The van der Waals surface area contributed by atoms with Gasteiger partial charge in [0.25, 0.3) is 0 Å². The normalized spacial score (nSPS) is 20.2. The Bertz CT molecular complexity index is 727. The van der Waals surface area contributed by atoms with Crippen molar-refractivity contribution in [1.82, 2.24) is 10.2 Å². The van der Waals surface area contributed by atoms with Crippen molar-refractivity contribution < 1.29 is 23.9 Å². The van der Waals surface area contributed by atoms with Gasteiger partial charge in [-0.1, -0.05) is 6.07 Å². The summed E-state index contributed by atoms with van der Waals surface area (Å²) < 4.78 is 11.2. The van der Waals surface area contributed by atoms with Crippen LogP contribution in [0.25, 0.3) is 0 Å². The number of amides is 3. The predicted molar refractivity (Wildman–Crippen MR) is 91.6 cm³/mol. The summed E-state index contributed by atoms with van der Waals surface area (Å²) in [6, 6.07) is 5.70. The molecule has 1 saturated carbocycles. The minimum Gasteiger partial charge on any atom is -0.486 e. The second-order valence-corrected chi connectivity index (χ2v) is 6.97. The van der Waals surface area contributed by atoms with Crippen molar-refractivity contribution in [2.45, 2.75) is 38.1 Å². The van der Waals surface area contributed by atoms with E-state index < -0.39 is 0 Å². The van der Waals surface area contributed by atoms with E-state index in [0.717, 1.165) is 24.2 Å². The Morgan fingerprint density at radius 2 is 1.81 bits per heavy atom. The first-order chi connectivity index (χ1) is 12.6. The minimum atomic E-state index is -0.187. The number of likely N-dealkylation sites (tertiary alicyclic amines) is 1. The number of nitrogens with zero attached hydrogens (tertiary/aromatic N) is 1. The van der Waals surface area contributed by atoms with Gasteiger partial charge in [0.1, 0.15) is 13.2 Å². The summed E-state index contributed by atoms with van der Waals surface area (Å²) in [4.78, 5) is 36.9. The van der Waals surface area contributed by atoms with Crippen LogP contribution in [0.4, 0.5) is 0 Å². The summed E-state index contributed by atoms with van der Waals surface area (Å²) in [5, 5.41) is 3.07. The number of rotatable bonds is 6. The maximum Gasteiger partial charge on any atom is 0.229 e. The number of imide groups is 1. The van der Waals surface area contributed by atoms with Gasteiger partial charge in [0.2, 0.25) is 17.7 Å². The number of hydrogen-bond acceptors (Lipinski definition) is 5. The third kappa shape index (κ3) is 3.52. The Morgan fingerprint density at radius 3 is 2.50 bits per heavy atom. The first-order valence-electron chi connectivity index (χ1n) is 9.14. The van der Waals surface area contributed by atoms with Gasteiger partial charge in [-0.3, -0.25) is 19.3 Å². The Kier molecular flexibility index (Phi) is 4.53. The molecule has 0 bridgehead atoms. The Hall–Kier alpha value is -2.57. The molecule has 4 rings (SSSR count). The molecule has 7 heteroatoms. The molecule has 0 spiro atoms. The highest BCUT2D eigenvalue weighted by atomic mass is 16.6. The second-order valence-electron chi connectivity index (χ2n) is 6.97. The summed E-state index contributed by atoms with van der Waals surface area (Å²) >= 11 is 0. The fourth-order valence-electron chi connectivity index (χ4n) is 3.49. The smallest absolute Gasteiger partial charge is 0.229 e. The summed E-state index contributed by atoms with van der Waals surface area (Å²) in [6.45, 7) is 1.22. The van der Waals surface area contributed by atoms with E-state index in [4.69, 9.17) is 9.47 Å². The van der Waals surface area contributed by atoms with Crippen LogP contribution >= 0.6 is 0 Å². The van der Waals surface area contributed by atoms with Gasteiger partial charge in [-0.2, -0.15) is 0 Å². The van der Waals surface area contributed by atoms with Gasteiger partial charge >= 0.3 is 0 Å². The quantitative estimate of drug-likeness (QED) is 0.780. The molecule has 1 saturated heterocycles. The molecule has 2 heterocycles. The van der Waals surface area contributed by atoms with Gasteiger partial charge in [0.15, 0.2) is 11.5 Å². The van der Waals surface area contributed by atoms with E-state index >= 15 is 0 Å². The fourth-order valence-corrected chi connectivity index (χ4v) is 3.49. The van der Waals surface area contributed by atoms with E-state index in [9.17, 15) is 14.4 Å².